The molecule has 0 fully saturated rings. The Morgan fingerprint density at radius 1 is 1.00 bits per heavy atom. The number of aliphatic hydroxyl groups is 1. The maximum absolute atomic E-state index is 10.1. The molecule has 168 valence electrons. The lowest BCUT2D eigenvalue weighted by atomic mass is 9.85. The van der Waals surface area contributed by atoms with Crippen LogP contribution in [0.3, 0.4) is 0 Å². The van der Waals surface area contributed by atoms with Gasteiger partial charge in [0.2, 0.25) is 0 Å². The summed E-state index contributed by atoms with van der Waals surface area (Å²) in [6, 6.07) is 23.3. The average Bonchev–Trinajstić information content (AvgIpc) is 3.18. The molecule has 1 unspecified atom stereocenters. The molecular weight excluding hydrogens is 412 g/mol. The van der Waals surface area contributed by atoms with E-state index in [0.717, 1.165) is 48.5 Å². The molecule has 2 aliphatic rings. The molecule has 0 saturated carbocycles. The molecule has 0 saturated heterocycles. The standard InChI is InChI=1S/C28H28N2O3/c1-32-27-13-20-11-12-29-16-26-23(21-9-5-6-10-24(21)30(26)18-31)14-25(29)22(20)15-28(27)33-17-19-7-3-2-4-8-19/h2-10,13,15,25,31H,11-12,14,16-18H2,1H3. The van der Waals surface area contributed by atoms with Crippen LogP contribution in [0.5, 0.6) is 11.5 Å². The number of benzene rings is 3. The van der Waals surface area contributed by atoms with E-state index in [0.29, 0.717) is 12.6 Å². The predicted octanol–water partition coefficient (Wildman–Crippen LogP) is 4.83. The summed E-state index contributed by atoms with van der Waals surface area (Å²) in [4.78, 5) is 2.54. The monoisotopic (exact) mass is 440 g/mol. The van der Waals surface area contributed by atoms with Crippen molar-refractivity contribution < 1.29 is 14.6 Å². The van der Waals surface area contributed by atoms with Crippen molar-refractivity contribution in [2.24, 2.45) is 0 Å². The van der Waals surface area contributed by atoms with Gasteiger partial charge >= 0.3 is 0 Å². The van der Waals surface area contributed by atoms with Gasteiger partial charge in [0.05, 0.1) is 12.6 Å². The highest BCUT2D eigenvalue weighted by molar-refractivity contribution is 5.86. The Bertz CT molecular complexity index is 1310. The van der Waals surface area contributed by atoms with Gasteiger partial charge in [-0.2, -0.15) is 0 Å². The van der Waals surface area contributed by atoms with Crippen molar-refractivity contribution in [2.45, 2.75) is 38.8 Å². The van der Waals surface area contributed by atoms with Crippen LogP contribution in [0.15, 0.2) is 66.7 Å². The Morgan fingerprint density at radius 2 is 1.82 bits per heavy atom. The van der Waals surface area contributed by atoms with Gasteiger partial charge in [-0.3, -0.25) is 4.90 Å². The molecular formula is C28H28N2O3. The number of hydrogen-bond acceptors (Lipinski definition) is 4. The zero-order chi connectivity index (χ0) is 22.4. The van der Waals surface area contributed by atoms with Crippen molar-refractivity contribution in [1.29, 1.82) is 0 Å². The van der Waals surface area contributed by atoms with Gasteiger partial charge in [-0.05, 0) is 53.3 Å². The van der Waals surface area contributed by atoms with E-state index in [1.54, 1.807) is 7.11 Å². The highest BCUT2D eigenvalue weighted by atomic mass is 16.5. The maximum atomic E-state index is 10.1. The van der Waals surface area contributed by atoms with Gasteiger partial charge in [-0.25, -0.2) is 0 Å². The molecule has 3 heterocycles. The van der Waals surface area contributed by atoms with Gasteiger partial charge in [0.25, 0.3) is 0 Å². The lowest BCUT2D eigenvalue weighted by molar-refractivity contribution is 0.145. The fourth-order valence-corrected chi connectivity index (χ4v) is 5.58. The zero-order valence-electron chi connectivity index (χ0n) is 18.8. The second kappa shape index (κ2) is 8.25. The van der Waals surface area contributed by atoms with E-state index in [1.807, 2.05) is 24.3 Å². The Morgan fingerprint density at radius 3 is 2.64 bits per heavy atom. The number of rotatable bonds is 5. The van der Waals surface area contributed by atoms with Crippen LogP contribution in [-0.4, -0.2) is 28.2 Å². The normalized spacial score (nSPS) is 17.3. The molecule has 0 spiro atoms. The Kier molecular flexibility index (Phi) is 5.08. The summed E-state index contributed by atoms with van der Waals surface area (Å²) in [7, 11) is 1.71. The van der Waals surface area contributed by atoms with E-state index in [4.69, 9.17) is 9.47 Å². The number of hydrogen-bond donors (Lipinski definition) is 1. The van der Waals surface area contributed by atoms with E-state index < -0.39 is 0 Å². The Labute approximate surface area is 193 Å². The molecule has 5 heteroatoms. The summed E-state index contributed by atoms with van der Waals surface area (Å²) >= 11 is 0. The largest absolute Gasteiger partial charge is 0.493 e. The van der Waals surface area contributed by atoms with Crippen molar-refractivity contribution in [3.05, 3.63) is 94.7 Å². The molecule has 5 nitrogen and oxygen atoms in total. The first-order valence-electron chi connectivity index (χ1n) is 11.6. The molecule has 0 amide bonds. The quantitative estimate of drug-likeness (QED) is 0.483. The number of fused-ring (bicyclic) bond motifs is 6. The highest BCUT2D eigenvalue weighted by Crippen LogP contribution is 2.44. The van der Waals surface area contributed by atoms with Crippen LogP contribution in [0.1, 0.15) is 34.0 Å². The summed E-state index contributed by atoms with van der Waals surface area (Å²) in [6.45, 7) is 2.37. The highest BCUT2D eigenvalue weighted by Gasteiger charge is 2.35. The lowest BCUT2D eigenvalue weighted by Crippen LogP contribution is -2.39. The third kappa shape index (κ3) is 3.39. The SMILES string of the molecule is COc1cc2c(cc1OCc1ccccc1)C1Cc3c(n(CO)c4ccccc34)CN1CC2. The van der Waals surface area contributed by atoms with E-state index in [2.05, 4.69) is 51.9 Å². The molecule has 1 aromatic heterocycles. The van der Waals surface area contributed by atoms with Gasteiger partial charge in [0.1, 0.15) is 13.3 Å². The minimum Gasteiger partial charge on any atom is -0.493 e. The van der Waals surface area contributed by atoms with Crippen LogP contribution in [0, 0.1) is 0 Å². The van der Waals surface area contributed by atoms with Gasteiger partial charge in [-0.1, -0.05) is 48.5 Å². The van der Waals surface area contributed by atoms with Crippen molar-refractivity contribution in [2.75, 3.05) is 13.7 Å². The van der Waals surface area contributed by atoms with Crippen LogP contribution in [0.2, 0.25) is 0 Å². The summed E-state index contributed by atoms with van der Waals surface area (Å²) in [5.41, 5.74) is 7.53. The molecule has 0 radical (unpaired) electrons. The fraction of sp³-hybridized carbons (Fsp3) is 0.286. The van der Waals surface area contributed by atoms with Crippen molar-refractivity contribution in [3.63, 3.8) is 0 Å². The van der Waals surface area contributed by atoms with Gasteiger partial charge in [0.15, 0.2) is 11.5 Å². The second-order valence-corrected chi connectivity index (χ2v) is 8.93. The van der Waals surface area contributed by atoms with Crippen LogP contribution in [0.25, 0.3) is 10.9 Å². The zero-order valence-corrected chi connectivity index (χ0v) is 18.8. The topological polar surface area (TPSA) is 46.9 Å². The third-order valence-electron chi connectivity index (χ3n) is 7.22. The summed E-state index contributed by atoms with van der Waals surface area (Å²) in [5, 5.41) is 11.3. The molecule has 2 aliphatic heterocycles. The van der Waals surface area contributed by atoms with Crippen LogP contribution in [0.4, 0.5) is 0 Å². The predicted molar refractivity (Wildman–Crippen MR) is 128 cm³/mol. The first-order valence-corrected chi connectivity index (χ1v) is 11.6. The summed E-state index contributed by atoms with van der Waals surface area (Å²) in [6.07, 6.45) is 1.91. The molecule has 0 aliphatic carbocycles. The van der Waals surface area contributed by atoms with Gasteiger partial charge in [0, 0.05) is 30.2 Å². The fourth-order valence-electron chi connectivity index (χ4n) is 5.58. The van der Waals surface area contributed by atoms with Gasteiger partial charge < -0.3 is 19.1 Å². The number of ether oxygens (including phenoxy) is 2. The number of para-hydroxylation sites is 1. The van der Waals surface area contributed by atoms with E-state index >= 15 is 0 Å². The van der Waals surface area contributed by atoms with Gasteiger partial charge in [-0.15, -0.1) is 0 Å². The third-order valence-corrected chi connectivity index (χ3v) is 7.22. The number of aromatic nitrogens is 1. The summed E-state index contributed by atoms with van der Waals surface area (Å²) in [5.74, 6) is 1.59. The molecule has 1 atom stereocenters. The minimum atomic E-state index is 0.0135. The number of nitrogens with zero attached hydrogens (tertiary/aromatic N) is 2. The number of methoxy groups -OCH3 is 1. The van der Waals surface area contributed by atoms with Crippen LogP contribution in [-0.2, 0) is 32.7 Å². The first-order chi connectivity index (χ1) is 16.3. The smallest absolute Gasteiger partial charge is 0.162 e. The van der Waals surface area contributed by atoms with E-state index in [1.165, 1.54) is 27.8 Å². The Balaban J connectivity index is 1.38. The van der Waals surface area contributed by atoms with Crippen molar-refractivity contribution in [1.82, 2.24) is 9.47 Å². The van der Waals surface area contributed by atoms with Crippen LogP contribution < -0.4 is 9.47 Å². The van der Waals surface area contributed by atoms with Crippen LogP contribution >= 0.6 is 0 Å². The average molecular weight is 441 g/mol. The first kappa shape index (κ1) is 20.3. The molecule has 1 N–H and O–H groups in total. The minimum absolute atomic E-state index is 0.0135. The molecule has 6 rings (SSSR count). The second-order valence-electron chi connectivity index (χ2n) is 8.93. The Hall–Kier alpha value is -3.28. The molecule has 0 bridgehead atoms. The maximum Gasteiger partial charge on any atom is 0.162 e. The van der Waals surface area contributed by atoms with Crippen molar-refractivity contribution >= 4 is 10.9 Å². The molecule has 4 aromatic rings. The van der Waals surface area contributed by atoms with Crippen molar-refractivity contribution in [3.8, 4) is 11.5 Å². The summed E-state index contributed by atoms with van der Waals surface area (Å²) < 4.78 is 14.0. The molecule has 3 aromatic carbocycles. The lowest BCUT2D eigenvalue weighted by Gasteiger charge is -2.41. The van der Waals surface area contributed by atoms with E-state index in [-0.39, 0.29) is 6.73 Å². The molecule has 33 heavy (non-hydrogen) atoms. The van der Waals surface area contributed by atoms with E-state index in [9.17, 15) is 5.11 Å². The number of aliphatic hydroxyl groups excluding tert-OH is 1.